The predicted molar refractivity (Wildman–Crippen MR) is 88.7 cm³/mol. The van der Waals surface area contributed by atoms with Gasteiger partial charge in [-0.25, -0.2) is 0 Å². The molecule has 4 heteroatoms. The maximum absolute atomic E-state index is 12.2. The number of hydrogen-bond donors (Lipinski definition) is 1. The molecule has 2 aromatic carbocycles. The van der Waals surface area contributed by atoms with E-state index in [9.17, 15) is 4.79 Å². The predicted octanol–water partition coefficient (Wildman–Crippen LogP) is 2.87. The molecule has 2 aromatic rings. The average Bonchev–Trinajstić information content (AvgIpc) is 2.88. The number of nitrogens with zero attached hydrogens (tertiary/aromatic N) is 1. The van der Waals surface area contributed by atoms with Crippen LogP contribution in [0.25, 0.3) is 0 Å². The Labute approximate surface area is 130 Å². The topological polar surface area (TPSA) is 41.6 Å². The fraction of sp³-hybridized carbons (Fsp3) is 0.278. The maximum atomic E-state index is 12.2. The smallest absolute Gasteiger partial charge is 0.228 e. The van der Waals surface area contributed by atoms with E-state index in [0.29, 0.717) is 6.42 Å². The van der Waals surface area contributed by atoms with Crippen molar-refractivity contribution < 1.29 is 9.53 Å². The van der Waals surface area contributed by atoms with Crippen LogP contribution in [0.5, 0.6) is 5.75 Å². The van der Waals surface area contributed by atoms with Crippen LogP contribution in [0, 0.1) is 0 Å². The Hall–Kier alpha value is -2.49. The van der Waals surface area contributed by atoms with Crippen LogP contribution < -0.4 is 15.0 Å². The number of ether oxygens (including phenoxy) is 1. The average molecular weight is 296 g/mol. The summed E-state index contributed by atoms with van der Waals surface area (Å²) in [5.74, 6) is 0.755. The van der Waals surface area contributed by atoms with Gasteiger partial charge in [-0.05, 0) is 47.9 Å². The second kappa shape index (κ2) is 6.10. The number of benzene rings is 2. The third-order valence-corrected chi connectivity index (χ3v) is 3.99. The fourth-order valence-corrected chi connectivity index (χ4v) is 2.82. The summed E-state index contributed by atoms with van der Waals surface area (Å²) in [5, 5.41) is 2.97. The molecule has 1 aliphatic heterocycles. The molecular formula is C18H20N2O2. The monoisotopic (exact) mass is 296 g/mol. The van der Waals surface area contributed by atoms with E-state index >= 15 is 0 Å². The Morgan fingerprint density at radius 2 is 2.14 bits per heavy atom. The first-order valence-corrected chi connectivity index (χ1v) is 7.42. The second-order valence-electron chi connectivity index (χ2n) is 5.59. The molecule has 0 aromatic heterocycles. The summed E-state index contributed by atoms with van der Waals surface area (Å²) in [6.07, 6.45) is 1.37. The zero-order valence-electron chi connectivity index (χ0n) is 12.9. The zero-order valence-corrected chi connectivity index (χ0v) is 12.9. The van der Waals surface area contributed by atoms with E-state index in [1.165, 1.54) is 11.3 Å². The minimum absolute atomic E-state index is 0.0143. The second-order valence-corrected chi connectivity index (χ2v) is 5.59. The molecular weight excluding hydrogens is 276 g/mol. The molecule has 1 aliphatic rings. The number of fused-ring (bicyclic) bond motifs is 1. The number of methoxy groups -OCH3 is 1. The number of anilines is 2. The lowest BCUT2D eigenvalue weighted by molar-refractivity contribution is -0.115. The van der Waals surface area contributed by atoms with E-state index in [2.05, 4.69) is 29.4 Å². The van der Waals surface area contributed by atoms with Crippen molar-refractivity contribution >= 4 is 17.3 Å². The molecule has 0 unspecified atom stereocenters. The van der Waals surface area contributed by atoms with Crippen LogP contribution in [-0.4, -0.2) is 26.6 Å². The highest BCUT2D eigenvalue weighted by molar-refractivity contribution is 5.92. The van der Waals surface area contributed by atoms with Crippen molar-refractivity contribution in [2.75, 3.05) is 30.9 Å². The van der Waals surface area contributed by atoms with Gasteiger partial charge in [0.15, 0.2) is 0 Å². The first kappa shape index (κ1) is 14.4. The van der Waals surface area contributed by atoms with E-state index < -0.39 is 0 Å². The number of nitrogens with one attached hydrogen (secondary N) is 1. The highest BCUT2D eigenvalue weighted by Crippen LogP contribution is 2.29. The molecule has 1 heterocycles. The third-order valence-electron chi connectivity index (χ3n) is 3.99. The first-order chi connectivity index (χ1) is 10.7. The molecule has 4 nitrogen and oxygen atoms in total. The Morgan fingerprint density at radius 3 is 2.95 bits per heavy atom. The Morgan fingerprint density at radius 1 is 1.27 bits per heavy atom. The molecule has 1 N–H and O–H groups in total. The van der Waals surface area contributed by atoms with Gasteiger partial charge in [0.2, 0.25) is 5.91 Å². The van der Waals surface area contributed by atoms with Gasteiger partial charge < -0.3 is 15.0 Å². The van der Waals surface area contributed by atoms with Gasteiger partial charge in [-0.3, -0.25) is 4.79 Å². The number of carbonyl (C=O) groups is 1. The quantitative estimate of drug-likeness (QED) is 0.943. The lowest BCUT2D eigenvalue weighted by Crippen LogP contribution is -2.14. The highest BCUT2D eigenvalue weighted by Gasteiger charge is 2.16. The van der Waals surface area contributed by atoms with E-state index in [0.717, 1.165) is 30.0 Å². The van der Waals surface area contributed by atoms with Gasteiger partial charge in [0.25, 0.3) is 0 Å². The Kier molecular flexibility index (Phi) is 4.00. The molecule has 1 amide bonds. The zero-order chi connectivity index (χ0) is 15.5. The molecule has 22 heavy (non-hydrogen) atoms. The Bertz CT molecular complexity index is 697. The summed E-state index contributed by atoms with van der Waals surface area (Å²) in [6.45, 7) is 1.04. The van der Waals surface area contributed by atoms with Crippen molar-refractivity contribution in [2.24, 2.45) is 0 Å². The summed E-state index contributed by atoms with van der Waals surface area (Å²) < 4.78 is 5.18. The van der Waals surface area contributed by atoms with Crippen LogP contribution in [0.4, 0.5) is 11.4 Å². The Balaban J connectivity index is 1.67. The van der Waals surface area contributed by atoms with Crippen LogP contribution in [0.15, 0.2) is 42.5 Å². The van der Waals surface area contributed by atoms with Gasteiger partial charge in [0.05, 0.1) is 13.5 Å². The fourth-order valence-electron chi connectivity index (χ4n) is 2.82. The summed E-state index contributed by atoms with van der Waals surface area (Å²) in [5.41, 5.74) is 4.35. The van der Waals surface area contributed by atoms with Gasteiger partial charge in [0, 0.05) is 25.0 Å². The normalized spacial score (nSPS) is 12.9. The van der Waals surface area contributed by atoms with Gasteiger partial charge in [-0.15, -0.1) is 0 Å². The standard InChI is InChI=1S/C18H20N2O2/c1-20-9-8-14-12-15(6-7-17(14)20)19-18(21)11-13-4-3-5-16(10-13)22-2/h3-7,10,12H,8-9,11H2,1-2H3,(H,19,21). The van der Waals surface area contributed by atoms with Crippen molar-refractivity contribution in [1.29, 1.82) is 0 Å². The van der Waals surface area contributed by atoms with Crippen LogP contribution in [-0.2, 0) is 17.6 Å². The van der Waals surface area contributed by atoms with E-state index in [-0.39, 0.29) is 5.91 Å². The molecule has 0 saturated heterocycles. The number of rotatable bonds is 4. The van der Waals surface area contributed by atoms with Gasteiger partial charge >= 0.3 is 0 Å². The van der Waals surface area contributed by atoms with E-state index in [1.54, 1.807) is 7.11 Å². The first-order valence-electron chi connectivity index (χ1n) is 7.42. The van der Waals surface area contributed by atoms with Gasteiger partial charge in [-0.2, -0.15) is 0 Å². The third kappa shape index (κ3) is 3.06. The summed E-state index contributed by atoms with van der Waals surface area (Å²) >= 11 is 0. The van der Waals surface area contributed by atoms with E-state index in [4.69, 9.17) is 4.74 Å². The molecule has 0 atom stereocenters. The van der Waals surface area contributed by atoms with Crippen molar-refractivity contribution in [3.63, 3.8) is 0 Å². The molecule has 0 fully saturated rings. The molecule has 0 saturated carbocycles. The van der Waals surface area contributed by atoms with Crippen molar-refractivity contribution in [1.82, 2.24) is 0 Å². The summed E-state index contributed by atoms with van der Waals surface area (Å²) in [7, 11) is 3.72. The van der Waals surface area contributed by atoms with Crippen molar-refractivity contribution in [2.45, 2.75) is 12.8 Å². The number of hydrogen-bond acceptors (Lipinski definition) is 3. The number of likely N-dealkylation sites (N-methyl/N-ethyl adjacent to an activating group) is 1. The largest absolute Gasteiger partial charge is 0.497 e. The summed E-state index contributed by atoms with van der Waals surface area (Å²) in [6, 6.07) is 13.7. The number of carbonyl (C=O) groups excluding carboxylic acids is 1. The van der Waals surface area contributed by atoms with Crippen molar-refractivity contribution in [3.8, 4) is 5.75 Å². The highest BCUT2D eigenvalue weighted by atomic mass is 16.5. The molecule has 0 aliphatic carbocycles. The van der Waals surface area contributed by atoms with Crippen LogP contribution in [0.3, 0.4) is 0 Å². The summed E-state index contributed by atoms with van der Waals surface area (Å²) in [4.78, 5) is 14.4. The molecule has 0 radical (unpaired) electrons. The lowest BCUT2D eigenvalue weighted by Gasteiger charge is -2.12. The van der Waals surface area contributed by atoms with Crippen LogP contribution >= 0.6 is 0 Å². The number of amides is 1. The van der Waals surface area contributed by atoms with Crippen LogP contribution in [0.2, 0.25) is 0 Å². The molecule has 114 valence electrons. The lowest BCUT2D eigenvalue weighted by atomic mass is 10.1. The van der Waals surface area contributed by atoms with E-state index in [1.807, 2.05) is 30.3 Å². The van der Waals surface area contributed by atoms with Gasteiger partial charge in [0.1, 0.15) is 5.75 Å². The molecule has 3 rings (SSSR count). The molecule has 0 spiro atoms. The maximum Gasteiger partial charge on any atom is 0.228 e. The minimum atomic E-state index is -0.0143. The SMILES string of the molecule is COc1cccc(CC(=O)Nc2ccc3c(c2)CCN3C)c1. The minimum Gasteiger partial charge on any atom is -0.497 e. The van der Waals surface area contributed by atoms with Crippen molar-refractivity contribution in [3.05, 3.63) is 53.6 Å². The molecule has 0 bridgehead atoms. The van der Waals surface area contributed by atoms with Crippen LogP contribution in [0.1, 0.15) is 11.1 Å². The van der Waals surface area contributed by atoms with Gasteiger partial charge in [-0.1, -0.05) is 12.1 Å².